The summed E-state index contributed by atoms with van der Waals surface area (Å²) in [5.74, 6) is -2.13. The molecule has 2 N–H and O–H groups in total. The molecule has 1 aromatic heterocycles. The van der Waals surface area contributed by atoms with E-state index in [-0.39, 0.29) is 34.1 Å². The number of fused-ring (bicyclic) bond motifs is 2. The molecule has 5 rings (SSSR count). The van der Waals surface area contributed by atoms with Crippen molar-refractivity contribution in [3.63, 3.8) is 0 Å². The quantitative estimate of drug-likeness (QED) is 0.278. The van der Waals surface area contributed by atoms with Gasteiger partial charge in [-0.15, -0.1) is 0 Å². The predicted octanol–water partition coefficient (Wildman–Crippen LogP) is 4.37. The number of hydrogen-bond acceptors (Lipinski definition) is 7. The van der Waals surface area contributed by atoms with Crippen molar-refractivity contribution in [1.82, 2.24) is 0 Å². The van der Waals surface area contributed by atoms with E-state index in [0.29, 0.717) is 16.5 Å². The first-order valence-electron chi connectivity index (χ1n) is 10.2. The van der Waals surface area contributed by atoms with Gasteiger partial charge in [-0.2, -0.15) is 5.26 Å². The van der Waals surface area contributed by atoms with Gasteiger partial charge in [-0.25, -0.2) is 14.0 Å². The van der Waals surface area contributed by atoms with Gasteiger partial charge in [0.1, 0.15) is 40.1 Å². The van der Waals surface area contributed by atoms with Gasteiger partial charge in [-0.05, 0) is 24.3 Å². The number of rotatable bonds is 3. The van der Waals surface area contributed by atoms with E-state index in [0.717, 1.165) is 0 Å². The lowest BCUT2D eigenvalue weighted by atomic mass is 9.83. The van der Waals surface area contributed by atoms with Gasteiger partial charge in [-0.3, -0.25) is 0 Å². The first kappa shape index (κ1) is 21.0. The number of carbonyl (C=O) groups excluding carboxylic acids is 1. The molecule has 1 aliphatic rings. The SMILES string of the molecule is N#CC1=C(N)Oc2cc(OC(=O)c3cc4ccccc4oc3=O)ccc2C1c1ccccc1F. The molecule has 0 saturated carbocycles. The molecule has 166 valence electrons. The molecule has 4 aromatic rings. The van der Waals surface area contributed by atoms with Crippen molar-refractivity contribution in [2.75, 3.05) is 0 Å². The van der Waals surface area contributed by atoms with Crippen molar-refractivity contribution in [3.8, 4) is 17.6 Å². The highest BCUT2D eigenvalue weighted by Crippen LogP contribution is 2.44. The average Bonchev–Trinajstić information content (AvgIpc) is 2.83. The van der Waals surface area contributed by atoms with E-state index in [1.165, 1.54) is 24.3 Å². The Morgan fingerprint density at radius 3 is 2.59 bits per heavy atom. The number of esters is 1. The van der Waals surface area contributed by atoms with Crippen molar-refractivity contribution in [3.05, 3.63) is 117 Å². The summed E-state index contributed by atoms with van der Waals surface area (Å²) in [5, 5.41) is 10.2. The van der Waals surface area contributed by atoms with E-state index < -0.39 is 23.3 Å². The maximum Gasteiger partial charge on any atom is 0.351 e. The third-order valence-electron chi connectivity index (χ3n) is 5.48. The predicted molar refractivity (Wildman–Crippen MR) is 120 cm³/mol. The first-order valence-corrected chi connectivity index (χ1v) is 10.2. The van der Waals surface area contributed by atoms with Crippen molar-refractivity contribution in [2.45, 2.75) is 5.92 Å². The highest BCUT2D eigenvalue weighted by molar-refractivity contribution is 5.94. The second kappa shape index (κ2) is 8.22. The Bertz CT molecular complexity index is 1600. The van der Waals surface area contributed by atoms with Crippen LogP contribution >= 0.6 is 0 Å². The number of nitriles is 1. The third-order valence-corrected chi connectivity index (χ3v) is 5.48. The molecule has 2 heterocycles. The Morgan fingerprint density at radius 2 is 1.79 bits per heavy atom. The van der Waals surface area contributed by atoms with Crippen LogP contribution in [0.2, 0.25) is 0 Å². The number of nitrogens with two attached hydrogens (primary N) is 1. The summed E-state index contributed by atoms with van der Waals surface area (Å²) in [6, 6.07) is 20.6. The zero-order chi connectivity index (χ0) is 23.8. The Morgan fingerprint density at radius 1 is 1.03 bits per heavy atom. The van der Waals surface area contributed by atoms with Crippen LogP contribution in [-0.4, -0.2) is 5.97 Å². The number of ether oxygens (including phenoxy) is 2. The molecular formula is C26H15FN2O5. The van der Waals surface area contributed by atoms with Gasteiger partial charge in [0.15, 0.2) is 0 Å². The third kappa shape index (κ3) is 3.55. The van der Waals surface area contributed by atoms with Gasteiger partial charge in [0.05, 0.1) is 5.92 Å². The summed E-state index contributed by atoms with van der Waals surface area (Å²) in [7, 11) is 0. The first-order chi connectivity index (χ1) is 16.5. The molecule has 0 saturated heterocycles. The number of hydrogen-bond donors (Lipinski definition) is 1. The molecular weight excluding hydrogens is 439 g/mol. The van der Waals surface area contributed by atoms with Crippen LogP contribution in [0.15, 0.2) is 93.5 Å². The molecule has 34 heavy (non-hydrogen) atoms. The minimum atomic E-state index is -0.915. The highest BCUT2D eigenvalue weighted by Gasteiger charge is 2.32. The summed E-state index contributed by atoms with van der Waals surface area (Å²) < 4.78 is 30.7. The van der Waals surface area contributed by atoms with E-state index >= 15 is 0 Å². The maximum absolute atomic E-state index is 14.6. The number of allylic oxidation sites excluding steroid dienone is 1. The van der Waals surface area contributed by atoms with E-state index in [2.05, 4.69) is 0 Å². The number of para-hydroxylation sites is 1. The summed E-state index contributed by atoms with van der Waals surface area (Å²) in [4.78, 5) is 25.0. The fourth-order valence-corrected chi connectivity index (χ4v) is 3.89. The van der Waals surface area contributed by atoms with Crippen LogP contribution < -0.4 is 20.8 Å². The van der Waals surface area contributed by atoms with Crippen molar-refractivity contribution >= 4 is 16.9 Å². The molecule has 1 aliphatic heterocycles. The Hall–Kier alpha value is -4.90. The molecule has 0 radical (unpaired) electrons. The summed E-state index contributed by atoms with van der Waals surface area (Å²) in [6.07, 6.45) is 0. The van der Waals surface area contributed by atoms with Crippen LogP contribution in [0.5, 0.6) is 11.5 Å². The molecule has 8 heteroatoms. The van der Waals surface area contributed by atoms with Crippen LogP contribution in [-0.2, 0) is 0 Å². The Kier molecular flexibility index (Phi) is 5.07. The lowest BCUT2D eigenvalue weighted by molar-refractivity contribution is 0.0730. The van der Waals surface area contributed by atoms with Gasteiger partial charge in [0.2, 0.25) is 5.88 Å². The highest BCUT2D eigenvalue weighted by atomic mass is 19.1. The molecule has 7 nitrogen and oxygen atoms in total. The lowest BCUT2D eigenvalue weighted by Gasteiger charge is -2.26. The Labute approximate surface area is 192 Å². The second-order valence-electron chi connectivity index (χ2n) is 7.52. The van der Waals surface area contributed by atoms with E-state index in [9.17, 15) is 19.2 Å². The van der Waals surface area contributed by atoms with E-state index in [4.69, 9.17) is 19.6 Å². The molecule has 0 fully saturated rings. The molecule has 1 atom stereocenters. The zero-order valence-corrected chi connectivity index (χ0v) is 17.4. The molecule has 0 spiro atoms. The largest absolute Gasteiger partial charge is 0.440 e. The summed E-state index contributed by atoms with van der Waals surface area (Å²) in [5.41, 5.74) is 5.99. The fourth-order valence-electron chi connectivity index (χ4n) is 3.89. The summed E-state index contributed by atoms with van der Waals surface area (Å²) >= 11 is 0. The molecule has 0 aliphatic carbocycles. The van der Waals surface area contributed by atoms with Gasteiger partial charge < -0.3 is 19.6 Å². The number of benzene rings is 3. The van der Waals surface area contributed by atoms with E-state index in [1.807, 2.05) is 6.07 Å². The van der Waals surface area contributed by atoms with Gasteiger partial charge in [0, 0.05) is 22.6 Å². The van der Waals surface area contributed by atoms with Crippen LogP contribution in [0.25, 0.3) is 11.0 Å². The summed E-state index contributed by atoms with van der Waals surface area (Å²) in [6.45, 7) is 0. The number of halogens is 1. The van der Waals surface area contributed by atoms with Gasteiger partial charge >= 0.3 is 11.6 Å². The van der Waals surface area contributed by atoms with Crippen LogP contribution in [0.1, 0.15) is 27.4 Å². The molecule has 0 amide bonds. The Balaban J connectivity index is 1.51. The van der Waals surface area contributed by atoms with Gasteiger partial charge in [0.25, 0.3) is 0 Å². The van der Waals surface area contributed by atoms with Gasteiger partial charge in [-0.1, -0.05) is 42.5 Å². The van der Waals surface area contributed by atoms with Crippen LogP contribution in [0, 0.1) is 17.1 Å². The lowest BCUT2D eigenvalue weighted by Crippen LogP contribution is -2.22. The topological polar surface area (TPSA) is 116 Å². The number of carbonyl (C=O) groups is 1. The van der Waals surface area contributed by atoms with E-state index in [1.54, 1.807) is 48.5 Å². The fraction of sp³-hybridized carbons (Fsp3) is 0.0385. The molecule has 0 bridgehead atoms. The monoisotopic (exact) mass is 454 g/mol. The number of nitrogens with zero attached hydrogens (tertiary/aromatic N) is 1. The van der Waals surface area contributed by atoms with Crippen molar-refractivity contribution in [2.24, 2.45) is 5.73 Å². The second-order valence-corrected chi connectivity index (χ2v) is 7.52. The standard InChI is InChI=1S/C26H15FN2O5/c27-20-7-3-2-6-16(20)23-17-10-9-15(12-22(17)33-24(29)19(23)13-28)32-25(30)18-11-14-5-1-4-8-21(14)34-26(18)31/h1-12,23H,29H2. The normalized spacial score (nSPS) is 14.8. The van der Waals surface area contributed by atoms with Crippen LogP contribution in [0.3, 0.4) is 0 Å². The molecule has 1 unspecified atom stereocenters. The smallest absolute Gasteiger partial charge is 0.351 e. The molecule has 3 aromatic carbocycles. The van der Waals surface area contributed by atoms with Crippen molar-refractivity contribution < 1.29 is 23.1 Å². The van der Waals surface area contributed by atoms with Crippen molar-refractivity contribution in [1.29, 1.82) is 5.26 Å². The minimum absolute atomic E-state index is 0.0658. The zero-order valence-electron chi connectivity index (χ0n) is 17.4. The maximum atomic E-state index is 14.6. The minimum Gasteiger partial charge on any atom is -0.440 e. The average molecular weight is 454 g/mol. The van der Waals surface area contributed by atoms with Crippen LogP contribution in [0.4, 0.5) is 4.39 Å².